The minimum atomic E-state index is -1.32. The van der Waals surface area contributed by atoms with Crippen LogP contribution in [0.1, 0.15) is 29.5 Å². The first kappa shape index (κ1) is 24.7. The lowest BCUT2D eigenvalue weighted by Crippen LogP contribution is -2.53. The van der Waals surface area contributed by atoms with Gasteiger partial charge in [-0.3, -0.25) is 9.59 Å². The second-order valence-corrected chi connectivity index (χ2v) is 8.33. The Morgan fingerprint density at radius 2 is 1.76 bits per heavy atom. The molecule has 1 saturated heterocycles. The van der Waals surface area contributed by atoms with Gasteiger partial charge in [-0.15, -0.1) is 0 Å². The molecule has 3 amide bonds. The fourth-order valence-electron chi connectivity index (χ4n) is 4.08. The zero-order valence-electron chi connectivity index (χ0n) is 18.8. The zero-order valence-corrected chi connectivity index (χ0v) is 18.8. The van der Waals surface area contributed by atoms with Crippen LogP contribution in [0.2, 0.25) is 0 Å². The van der Waals surface area contributed by atoms with Crippen LogP contribution in [0, 0.1) is 17.2 Å². The average molecular weight is 464 g/mol. The molecule has 3 atom stereocenters. The van der Waals surface area contributed by atoms with E-state index in [1.54, 1.807) is 0 Å². The van der Waals surface area contributed by atoms with Crippen molar-refractivity contribution in [2.24, 2.45) is 11.7 Å². The third-order valence-electron chi connectivity index (χ3n) is 5.96. The van der Waals surface area contributed by atoms with Gasteiger partial charge >= 0.3 is 6.09 Å². The Hall–Kier alpha value is -3.90. The second kappa shape index (κ2) is 11.8. The summed E-state index contributed by atoms with van der Waals surface area (Å²) in [5.74, 6) is -1.36. The van der Waals surface area contributed by atoms with Crippen LogP contribution in [-0.2, 0) is 29.1 Å². The van der Waals surface area contributed by atoms with Crippen LogP contribution in [0.15, 0.2) is 54.6 Å². The predicted octanol–water partition coefficient (Wildman–Crippen LogP) is 1.77. The summed E-state index contributed by atoms with van der Waals surface area (Å²) >= 11 is 0. The van der Waals surface area contributed by atoms with Crippen LogP contribution < -0.4 is 16.4 Å². The molecule has 0 spiro atoms. The van der Waals surface area contributed by atoms with Crippen molar-refractivity contribution in [1.29, 1.82) is 5.26 Å². The summed E-state index contributed by atoms with van der Waals surface area (Å²) in [4.78, 5) is 39.0. The Labute approximate surface area is 198 Å². The molecule has 9 nitrogen and oxygen atoms in total. The maximum Gasteiger partial charge on any atom is 0.405 e. The average Bonchev–Trinajstić information content (AvgIpc) is 3.30. The maximum atomic E-state index is 13.3. The van der Waals surface area contributed by atoms with E-state index < -0.39 is 30.0 Å². The number of hydrogen-bond donors (Lipinski definition) is 4. The first-order valence-electron chi connectivity index (χ1n) is 11.2. The van der Waals surface area contributed by atoms with Crippen molar-refractivity contribution >= 4 is 17.9 Å². The van der Waals surface area contributed by atoms with Crippen molar-refractivity contribution in [2.45, 2.75) is 44.4 Å². The highest BCUT2D eigenvalue weighted by atomic mass is 16.4. The number of carbonyl (C=O) groups excluding carboxylic acids is 2. The highest BCUT2D eigenvalue weighted by Gasteiger charge is 2.42. The normalized spacial score (nSPS) is 18.1. The number of nitrogens with one attached hydrogen (secondary N) is 2. The molecule has 1 fully saturated rings. The summed E-state index contributed by atoms with van der Waals surface area (Å²) in [6, 6.07) is 17.2. The summed E-state index contributed by atoms with van der Waals surface area (Å²) < 4.78 is 0. The van der Waals surface area contributed by atoms with E-state index in [2.05, 4.69) is 16.7 Å². The Bertz CT molecular complexity index is 1040. The molecule has 0 aliphatic carbocycles. The Balaban J connectivity index is 1.69. The largest absolute Gasteiger partial charge is 0.465 e. The molecular formula is C25H29N5O4. The molecule has 2 aromatic carbocycles. The molecule has 0 radical (unpaired) electrons. The quantitative estimate of drug-likeness (QED) is 0.445. The van der Waals surface area contributed by atoms with Crippen LogP contribution in [0.3, 0.4) is 0 Å². The molecule has 0 aromatic heterocycles. The van der Waals surface area contributed by atoms with Crippen LogP contribution in [0.5, 0.6) is 0 Å². The van der Waals surface area contributed by atoms with Crippen molar-refractivity contribution in [2.75, 3.05) is 6.54 Å². The number of nitrogens with zero attached hydrogens (tertiary/aromatic N) is 2. The number of carbonyl (C=O) groups is 3. The lowest BCUT2D eigenvalue weighted by molar-refractivity contribution is -0.140. The Morgan fingerprint density at radius 3 is 2.38 bits per heavy atom. The summed E-state index contributed by atoms with van der Waals surface area (Å²) in [6.07, 6.45) is -0.379. The first-order valence-corrected chi connectivity index (χ1v) is 11.2. The monoisotopic (exact) mass is 463 g/mol. The van der Waals surface area contributed by atoms with Gasteiger partial charge in [-0.1, -0.05) is 54.6 Å². The third-order valence-corrected chi connectivity index (χ3v) is 5.96. The fraction of sp³-hybridized carbons (Fsp3) is 0.360. The summed E-state index contributed by atoms with van der Waals surface area (Å²) in [5.41, 5.74) is 8.44. The lowest BCUT2D eigenvalue weighted by atomic mass is 10.0. The van der Waals surface area contributed by atoms with Crippen molar-refractivity contribution in [3.05, 3.63) is 71.3 Å². The number of rotatable bonds is 9. The van der Waals surface area contributed by atoms with Crippen molar-refractivity contribution in [3.63, 3.8) is 0 Å². The SMILES string of the molecule is N#C[C@@H]1C[C@@H](C(=O)NCc2ccc(CN)cc2)N(C(=O)[C@@H](CCc2ccccc2)NC(=O)O)C1. The van der Waals surface area contributed by atoms with E-state index in [-0.39, 0.29) is 31.8 Å². The molecule has 3 rings (SSSR count). The minimum absolute atomic E-state index is 0.0851. The maximum absolute atomic E-state index is 13.3. The lowest BCUT2D eigenvalue weighted by Gasteiger charge is -2.28. The zero-order chi connectivity index (χ0) is 24.5. The van der Waals surface area contributed by atoms with Crippen molar-refractivity contribution < 1.29 is 19.5 Å². The van der Waals surface area contributed by atoms with Gasteiger partial charge in [0.15, 0.2) is 0 Å². The molecule has 1 aliphatic heterocycles. The summed E-state index contributed by atoms with van der Waals surface area (Å²) in [5, 5.41) is 23.8. The third kappa shape index (κ3) is 6.56. The van der Waals surface area contributed by atoms with Crippen molar-refractivity contribution in [1.82, 2.24) is 15.5 Å². The number of nitriles is 1. The number of nitrogens with two attached hydrogens (primary N) is 1. The van der Waals surface area contributed by atoms with Gasteiger partial charge < -0.3 is 26.4 Å². The fourth-order valence-corrected chi connectivity index (χ4v) is 4.08. The van der Waals surface area contributed by atoms with Gasteiger partial charge in [-0.05, 0) is 36.0 Å². The molecular weight excluding hydrogens is 434 g/mol. The molecule has 0 saturated carbocycles. The number of benzene rings is 2. The van der Waals surface area contributed by atoms with Gasteiger partial charge in [0, 0.05) is 19.6 Å². The van der Waals surface area contributed by atoms with Crippen LogP contribution >= 0.6 is 0 Å². The molecule has 1 heterocycles. The first-order chi connectivity index (χ1) is 16.4. The number of carboxylic acid groups (broad SMARTS) is 1. The topological polar surface area (TPSA) is 149 Å². The van der Waals surface area contributed by atoms with E-state index in [9.17, 15) is 24.8 Å². The van der Waals surface area contributed by atoms with E-state index in [0.717, 1.165) is 16.7 Å². The van der Waals surface area contributed by atoms with E-state index in [1.165, 1.54) is 4.90 Å². The summed E-state index contributed by atoms with van der Waals surface area (Å²) in [6.45, 7) is 0.781. The van der Waals surface area contributed by atoms with Gasteiger partial charge in [-0.25, -0.2) is 4.79 Å². The van der Waals surface area contributed by atoms with E-state index in [0.29, 0.717) is 13.0 Å². The Morgan fingerprint density at radius 1 is 1.09 bits per heavy atom. The van der Waals surface area contributed by atoms with Crippen LogP contribution in [-0.4, -0.2) is 46.5 Å². The smallest absolute Gasteiger partial charge is 0.405 e. The van der Waals surface area contributed by atoms with Crippen LogP contribution in [0.4, 0.5) is 4.79 Å². The van der Waals surface area contributed by atoms with E-state index in [4.69, 9.17) is 5.73 Å². The van der Waals surface area contributed by atoms with Gasteiger partial charge in [0.2, 0.25) is 11.8 Å². The van der Waals surface area contributed by atoms with Gasteiger partial charge in [0.1, 0.15) is 12.1 Å². The number of amides is 3. The second-order valence-electron chi connectivity index (χ2n) is 8.33. The van der Waals surface area contributed by atoms with Gasteiger partial charge in [0.25, 0.3) is 0 Å². The standard InChI is InChI=1S/C25H29N5O4/c26-13-18-6-8-19(9-7-18)15-28-23(31)22-12-20(14-27)16-30(22)24(32)21(29-25(33)34)11-10-17-4-2-1-3-5-17/h1-9,20-22,29H,10-13,15-16,26H2,(H,28,31)(H,33,34)/t20-,21+,22-/m0/s1. The highest BCUT2D eigenvalue weighted by molar-refractivity contribution is 5.91. The molecule has 0 bridgehead atoms. The molecule has 178 valence electrons. The molecule has 0 unspecified atom stereocenters. The minimum Gasteiger partial charge on any atom is -0.465 e. The van der Waals surface area contributed by atoms with Gasteiger partial charge in [-0.2, -0.15) is 5.26 Å². The Kier molecular flexibility index (Phi) is 8.60. The molecule has 5 N–H and O–H groups in total. The highest BCUT2D eigenvalue weighted by Crippen LogP contribution is 2.25. The number of aryl methyl sites for hydroxylation is 1. The molecule has 9 heteroatoms. The van der Waals surface area contributed by atoms with Crippen molar-refractivity contribution in [3.8, 4) is 6.07 Å². The number of likely N-dealkylation sites (tertiary alicyclic amines) is 1. The predicted molar refractivity (Wildman–Crippen MR) is 125 cm³/mol. The molecule has 2 aromatic rings. The van der Waals surface area contributed by atoms with Crippen LogP contribution in [0.25, 0.3) is 0 Å². The van der Waals surface area contributed by atoms with E-state index in [1.807, 2.05) is 54.6 Å². The van der Waals surface area contributed by atoms with Gasteiger partial charge in [0.05, 0.1) is 12.0 Å². The summed E-state index contributed by atoms with van der Waals surface area (Å²) in [7, 11) is 0. The molecule has 34 heavy (non-hydrogen) atoms. The van der Waals surface area contributed by atoms with E-state index >= 15 is 0 Å². The number of hydrogen-bond acceptors (Lipinski definition) is 5. The molecule has 1 aliphatic rings.